The van der Waals surface area contributed by atoms with Crippen LogP contribution in [0.3, 0.4) is 0 Å². The zero-order chi connectivity index (χ0) is 8.69. The minimum atomic E-state index is 0.642. The van der Waals surface area contributed by atoms with E-state index in [1.165, 1.54) is 32.1 Å². The molecular weight excluding hydrogens is 132 g/mol. The molecule has 0 heterocycles. The van der Waals surface area contributed by atoms with Crippen molar-refractivity contribution in [2.45, 2.75) is 52.9 Å². The molecule has 0 saturated heterocycles. The molecule has 0 fully saturated rings. The summed E-state index contributed by atoms with van der Waals surface area (Å²) in [6, 6.07) is 0. The van der Waals surface area contributed by atoms with Crippen LogP contribution in [-0.2, 0) is 0 Å². The smallest absolute Gasteiger partial charge is 0.0443 e. The van der Waals surface area contributed by atoms with Gasteiger partial charge in [-0.2, -0.15) is 0 Å². The highest BCUT2D eigenvalue weighted by atomic mass is 14.1. The van der Waals surface area contributed by atoms with Crippen LogP contribution < -0.4 is 0 Å². The van der Waals surface area contributed by atoms with Crippen molar-refractivity contribution in [1.29, 1.82) is 0 Å². The lowest BCUT2D eigenvalue weighted by atomic mass is 9.96. The molecule has 0 aromatic carbocycles. The third-order valence-corrected chi connectivity index (χ3v) is 2.18. The van der Waals surface area contributed by atoms with E-state index in [9.17, 15) is 0 Å². The van der Waals surface area contributed by atoms with E-state index in [1.54, 1.807) is 0 Å². The van der Waals surface area contributed by atoms with Crippen molar-refractivity contribution in [1.82, 2.24) is 0 Å². The average Bonchev–Trinajstić information content (AvgIpc) is 1.87. The maximum Gasteiger partial charge on any atom is -0.0443 e. The monoisotopic (exact) mass is 155 g/mol. The van der Waals surface area contributed by atoms with Crippen LogP contribution in [0.25, 0.3) is 0 Å². The lowest BCUT2D eigenvalue weighted by Gasteiger charge is -2.10. The molecule has 0 heteroatoms. The molecule has 0 aliphatic heterocycles. The van der Waals surface area contributed by atoms with Crippen LogP contribution in [0.1, 0.15) is 52.9 Å². The van der Waals surface area contributed by atoms with Gasteiger partial charge in [-0.3, -0.25) is 0 Å². The number of hydrogen-bond acceptors (Lipinski definition) is 0. The first-order valence-electron chi connectivity index (χ1n) is 4.99. The molecule has 2 unspecified atom stereocenters. The molecule has 0 rings (SSSR count). The zero-order valence-corrected chi connectivity index (χ0v) is 8.40. The van der Waals surface area contributed by atoms with E-state index in [2.05, 4.69) is 27.7 Å². The maximum absolute atomic E-state index is 3.98. The van der Waals surface area contributed by atoms with Crippen LogP contribution in [0, 0.1) is 18.8 Å². The summed E-state index contributed by atoms with van der Waals surface area (Å²) in [5.41, 5.74) is 0. The van der Waals surface area contributed by atoms with Gasteiger partial charge in [-0.1, -0.05) is 59.8 Å². The quantitative estimate of drug-likeness (QED) is 0.542. The third-order valence-electron chi connectivity index (χ3n) is 2.18. The lowest BCUT2D eigenvalue weighted by molar-refractivity contribution is 0.443. The molecule has 0 aromatic heterocycles. The predicted molar refractivity (Wildman–Crippen MR) is 52.4 cm³/mol. The Hall–Kier alpha value is 0. The van der Waals surface area contributed by atoms with Gasteiger partial charge in [-0.15, -0.1) is 0 Å². The summed E-state index contributed by atoms with van der Waals surface area (Å²) >= 11 is 0. The molecule has 0 saturated carbocycles. The van der Waals surface area contributed by atoms with E-state index < -0.39 is 0 Å². The van der Waals surface area contributed by atoms with Gasteiger partial charge in [0.15, 0.2) is 0 Å². The molecule has 67 valence electrons. The van der Waals surface area contributed by atoms with E-state index in [0.717, 1.165) is 5.92 Å². The van der Waals surface area contributed by atoms with Gasteiger partial charge in [0, 0.05) is 0 Å². The number of hydrogen-bond donors (Lipinski definition) is 0. The Morgan fingerprint density at radius 3 is 2.18 bits per heavy atom. The second-order valence-corrected chi connectivity index (χ2v) is 3.93. The first-order chi connectivity index (χ1) is 5.16. The van der Waals surface area contributed by atoms with Gasteiger partial charge in [-0.25, -0.2) is 0 Å². The molecule has 0 amide bonds. The fraction of sp³-hybridized carbons (Fsp3) is 0.909. The molecule has 1 radical (unpaired) electrons. The molecule has 0 bridgehead atoms. The van der Waals surface area contributed by atoms with Gasteiger partial charge in [0.1, 0.15) is 0 Å². The zero-order valence-electron chi connectivity index (χ0n) is 8.40. The highest BCUT2D eigenvalue weighted by molar-refractivity contribution is 4.57. The topological polar surface area (TPSA) is 0 Å². The molecule has 0 nitrogen and oxygen atoms in total. The van der Waals surface area contributed by atoms with Gasteiger partial charge in [0.05, 0.1) is 0 Å². The van der Waals surface area contributed by atoms with E-state index in [4.69, 9.17) is 0 Å². The molecule has 2 atom stereocenters. The molecule has 0 N–H and O–H groups in total. The second kappa shape index (κ2) is 6.69. The highest BCUT2D eigenvalue weighted by Gasteiger charge is 2.00. The average molecular weight is 155 g/mol. The van der Waals surface area contributed by atoms with Gasteiger partial charge in [0.25, 0.3) is 0 Å². The third kappa shape index (κ3) is 7.90. The van der Waals surface area contributed by atoms with Crippen molar-refractivity contribution < 1.29 is 0 Å². The Labute approximate surface area is 72.4 Å². The summed E-state index contributed by atoms with van der Waals surface area (Å²) in [4.78, 5) is 0. The summed E-state index contributed by atoms with van der Waals surface area (Å²) in [7, 11) is 0. The van der Waals surface area contributed by atoms with E-state index in [0.29, 0.717) is 5.92 Å². The molecule has 11 heavy (non-hydrogen) atoms. The minimum Gasteiger partial charge on any atom is -0.0654 e. The molecule has 0 spiro atoms. The van der Waals surface area contributed by atoms with Gasteiger partial charge in [0.2, 0.25) is 0 Å². The van der Waals surface area contributed by atoms with Gasteiger partial charge < -0.3 is 0 Å². The van der Waals surface area contributed by atoms with Crippen LogP contribution in [-0.4, -0.2) is 0 Å². The van der Waals surface area contributed by atoms with Crippen LogP contribution in [0.2, 0.25) is 0 Å². The van der Waals surface area contributed by atoms with Gasteiger partial charge in [-0.05, 0) is 11.8 Å². The second-order valence-electron chi connectivity index (χ2n) is 3.93. The SMILES string of the molecule is [CH2]C(C)CCCC(C)CCC. The van der Waals surface area contributed by atoms with E-state index >= 15 is 0 Å². The number of rotatable bonds is 6. The van der Waals surface area contributed by atoms with Crippen LogP contribution in [0.4, 0.5) is 0 Å². The van der Waals surface area contributed by atoms with Crippen molar-refractivity contribution in [3.05, 3.63) is 6.92 Å². The summed E-state index contributed by atoms with van der Waals surface area (Å²) < 4.78 is 0. The largest absolute Gasteiger partial charge is 0.0654 e. The van der Waals surface area contributed by atoms with Crippen molar-refractivity contribution >= 4 is 0 Å². The fourth-order valence-corrected chi connectivity index (χ4v) is 1.45. The maximum atomic E-state index is 3.98. The van der Waals surface area contributed by atoms with E-state index in [-0.39, 0.29) is 0 Å². The Balaban J connectivity index is 3.10. The normalized spacial score (nSPS) is 13.9. The van der Waals surface area contributed by atoms with Crippen LogP contribution in [0.5, 0.6) is 0 Å². The van der Waals surface area contributed by atoms with Crippen molar-refractivity contribution in [3.8, 4) is 0 Å². The summed E-state index contributed by atoms with van der Waals surface area (Å²) in [6.45, 7) is 10.8. The Morgan fingerprint density at radius 2 is 1.73 bits per heavy atom. The minimum absolute atomic E-state index is 0.642. The first-order valence-corrected chi connectivity index (χ1v) is 4.99. The summed E-state index contributed by atoms with van der Waals surface area (Å²) in [5.74, 6) is 1.57. The Bertz CT molecular complexity index is 74.1. The van der Waals surface area contributed by atoms with Crippen molar-refractivity contribution in [2.75, 3.05) is 0 Å². The Kier molecular flexibility index (Phi) is 6.69. The van der Waals surface area contributed by atoms with Crippen LogP contribution >= 0.6 is 0 Å². The summed E-state index contributed by atoms with van der Waals surface area (Å²) in [6.07, 6.45) is 6.79. The summed E-state index contributed by atoms with van der Waals surface area (Å²) in [5, 5.41) is 0. The van der Waals surface area contributed by atoms with E-state index in [1.807, 2.05) is 0 Å². The predicted octanol–water partition coefficient (Wildman–Crippen LogP) is 4.06. The standard InChI is InChI=1S/C11H23/c1-5-7-11(4)9-6-8-10(2)3/h10-11H,2,5-9H2,1,3-4H3. The first kappa shape index (κ1) is 11.0. The highest BCUT2D eigenvalue weighted by Crippen LogP contribution is 2.15. The fourth-order valence-electron chi connectivity index (χ4n) is 1.45. The Morgan fingerprint density at radius 1 is 1.09 bits per heavy atom. The van der Waals surface area contributed by atoms with Gasteiger partial charge >= 0.3 is 0 Å². The van der Waals surface area contributed by atoms with Crippen molar-refractivity contribution in [2.24, 2.45) is 11.8 Å². The van der Waals surface area contributed by atoms with Crippen molar-refractivity contribution in [3.63, 3.8) is 0 Å². The lowest BCUT2D eigenvalue weighted by Crippen LogP contribution is -1.95. The molecular formula is C11H23. The molecule has 0 aromatic rings. The van der Waals surface area contributed by atoms with Crippen LogP contribution in [0.15, 0.2) is 0 Å². The molecule has 0 aliphatic rings. The molecule has 0 aliphatic carbocycles.